The van der Waals surface area contributed by atoms with Crippen LogP contribution in [0.15, 0.2) is 18.2 Å². The summed E-state index contributed by atoms with van der Waals surface area (Å²) in [5.74, 6) is 0. The minimum atomic E-state index is -4.28. The fraction of sp³-hybridized carbons (Fsp3) is 0.417. The number of hydrogen-bond acceptors (Lipinski definition) is 2. The zero-order valence-electron chi connectivity index (χ0n) is 9.23. The Hall–Kier alpha value is -1.70. The van der Waals surface area contributed by atoms with E-state index in [9.17, 15) is 13.2 Å². The SMILES string of the molecule is Cc1cccc(C#N)c1NC1(C(F)(F)F)CC1. The monoisotopic (exact) mass is 240 g/mol. The first kappa shape index (κ1) is 11.8. The second-order valence-corrected chi connectivity index (χ2v) is 4.31. The van der Waals surface area contributed by atoms with Crippen LogP contribution in [-0.4, -0.2) is 11.7 Å². The summed E-state index contributed by atoms with van der Waals surface area (Å²) in [4.78, 5) is 0. The van der Waals surface area contributed by atoms with Crippen LogP contribution in [0.5, 0.6) is 0 Å². The lowest BCUT2D eigenvalue weighted by Gasteiger charge is -2.23. The number of rotatable bonds is 2. The Labute approximate surface area is 97.1 Å². The second-order valence-electron chi connectivity index (χ2n) is 4.31. The highest BCUT2D eigenvalue weighted by atomic mass is 19.4. The van der Waals surface area contributed by atoms with Crippen molar-refractivity contribution in [1.29, 1.82) is 5.26 Å². The van der Waals surface area contributed by atoms with Gasteiger partial charge < -0.3 is 5.32 Å². The van der Waals surface area contributed by atoms with Crippen LogP contribution in [0.4, 0.5) is 18.9 Å². The number of benzene rings is 1. The van der Waals surface area contributed by atoms with Gasteiger partial charge in [0.2, 0.25) is 0 Å². The van der Waals surface area contributed by atoms with Gasteiger partial charge in [-0.25, -0.2) is 0 Å². The van der Waals surface area contributed by atoms with Crippen LogP contribution < -0.4 is 5.32 Å². The zero-order valence-corrected chi connectivity index (χ0v) is 9.23. The fourth-order valence-electron chi connectivity index (χ4n) is 1.77. The Morgan fingerprint density at radius 3 is 2.47 bits per heavy atom. The topological polar surface area (TPSA) is 35.8 Å². The van der Waals surface area contributed by atoms with E-state index in [2.05, 4.69) is 5.32 Å². The van der Waals surface area contributed by atoms with E-state index in [-0.39, 0.29) is 18.4 Å². The first-order valence-corrected chi connectivity index (χ1v) is 5.24. The van der Waals surface area contributed by atoms with Gasteiger partial charge in [-0.2, -0.15) is 18.4 Å². The van der Waals surface area contributed by atoms with Crippen LogP contribution in [-0.2, 0) is 0 Å². The number of nitrogens with zero attached hydrogens (tertiary/aromatic N) is 1. The molecule has 1 saturated carbocycles. The molecule has 0 spiro atoms. The maximum atomic E-state index is 12.8. The first-order valence-electron chi connectivity index (χ1n) is 5.24. The quantitative estimate of drug-likeness (QED) is 0.860. The number of halogens is 3. The molecular weight excluding hydrogens is 229 g/mol. The molecule has 1 aliphatic rings. The third-order valence-corrected chi connectivity index (χ3v) is 3.05. The lowest BCUT2D eigenvalue weighted by molar-refractivity contribution is -0.151. The summed E-state index contributed by atoms with van der Waals surface area (Å²) in [6, 6.07) is 6.77. The van der Waals surface area contributed by atoms with Gasteiger partial charge in [0.05, 0.1) is 11.3 Å². The Bertz CT molecular complexity index is 482. The van der Waals surface area contributed by atoms with Gasteiger partial charge in [0.1, 0.15) is 11.6 Å². The Morgan fingerprint density at radius 1 is 1.35 bits per heavy atom. The highest BCUT2D eigenvalue weighted by Gasteiger charge is 2.63. The lowest BCUT2D eigenvalue weighted by atomic mass is 10.1. The van der Waals surface area contributed by atoms with Gasteiger partial charge in [-0.15, -0.1) is 0 Å². The largest absolute Gasteiger partial charge is 0.411 e. The van der Waals surface area contributed by atoms with Crippen molar-refractivity contribution < 1.29 is 13.2 Å². The van der Waals surface area contributed by atoms with E-state index < -0.39 is 11.7 Å². The van der Waals surface area contributed by atoms with E-state index >= 15 is 0 Å². The summed E-state index contributed by atoms with van der Waals surface area (Å²) in [6.07, 6.45) is -4.15. The van der Waals surface area contributed by atoms with Crippen molar-refractivity contribution in [2.45, 2.75) is 31.5 Å². The third-order valence-electron chi connectivity index (χ3n) is 3.05. The van der Waals surface area contributed by atoms with E-state index in [0.717, 1.165) is 0 Å². The number of nitrogens with one attached hydrogen (secondary N) is 1. The van der Waals surface area contributed by atoms with E-state index in [0.29, 0.717) is 11.3 Å². The molecule has 0 unspecified atom stereocenters. The summed E-state index contributed by atoms with van der Waals surface area (Å²) in [7, 11) is 0. The molecule has 0 heterocycles. The summed E-state index contributed by atoms with van der Waals surface area (Å²) >= 11 is 0. The third kappa shape index (κ3) is 1.95. The first-order chi connectivity index (χ1) is 7.89. The van der Waals surface area contributed by atoms with Crippen molar-refractivity contribution in [2.24, 2.45) is 0 Å². The molecule has 90 valence electrons. The molecule has 1 N–H and O–H groups in total. The number of alkyl halides is 3. The van der Waals surface area contributed by atoms with Gasteiger partial charge in [-0.1, -0.05) is 12.1 Å². The van der Waals surface area contributed by atoms with Crippen LogP contribution in [0.3, 0.4) is 0 Å². The van der Waals surface area contributed by atoms with Crippen molar-refractivity contribution in [1.82, 2.24) is 0 Å². The van der Waals surface area contributed by atoms with Crippen molar-refractivity contribution in [3.63, 3.8) is 0 Å². The lowest BCUT2D eigenvalue weighted by Crippen LogP contribution is -2.39. The average molecular weight is 240 g/mol. The molecule has 0 aromatic heterocycles. The Morgan fingerprint density at radius 2 is 2.00 bits per heavy atom. The maximum Gasteiger partial charge on any atom is 0.411 e. The van der Waals surface area contributed by atoms with E-state index in [1.54, 1.807) is 19.1 Å². The molecule has 2 rings (SSSR count). The number of aryl methyl sites for hydroxylation is 1. The second kappa shape index (κ2) is 3.66. The van der Waals surface area contributed by atoms with Gasteiger partial charge in [0, 0.05) is 0 Å². The van der Waals surface area contributed by atoms with Crippen molar-refractivity contribution in [3.05, 3.63) is 29.3 Å². The minimum absolute atomic E-state index is 0.0652. The van der Waals surface area contributed by atoms with Gasteiger partial charge in [0.15, 0.2) is 0 Å². The van der Waals surface area contributed by atoms with E-state index in [4.69, 9.17) is 5.26 Å². The smallest absolute Gasteiger partial charge is 0.370 e. The Kier molecular flexibility index (Phi) is 2.53. The van der Waals surface area contributed by atoms with Crippen molar-refractivity contribution in [3.8, 4) is 6.07 Å². The van der Waals surface area contributed by atoms with Crippen LogP contribution in [0.2, 0.25) is 0 Å². The molecular formula is C12H11F3N2. The van der Waals surface area contributed by atoms with Gasteiger partial charge >= 0.3 is 6.18 Å². The Balaban J connectivity index is 2.35. The maximum absolute atomic E-state index is 12.8. The predicted molar refractivity (Wildman–Crippen MR) is 57.5 cm³/mol. The normalized spacial score (nSPS) is 17.4. The molecule has 17 heavy (non-hydrogen) atoms. The number of nitriles is 1. The van der Waals surface area contributed by atoms with Crippen LogP contribution >= 0.6 is 0 Å². The summed E-state index contributed by atoms with van der Waals surface area (Å²) in [5, 5.41) is 11.4. The number of para-hydroxylation sites is 1. The van der Waals surface area contributed by atoms with Crippen LogP contribution in [0.1, 0.15) is 24.0 Å². The standard InChI is InChI=1S/C12H11F3N2/c1-8-3-2-4-9(7-16)10(8)17-11(5-6-11)12(13,14)15/h2-4,17H,5-6H2,1H3. The van der Waals surface area contributed by atoms with Crippen molar-refractivity contribution in [2.75, 3.05) is 5.32 Å². The van der Waals surface area contributed by atoms with Gasteiger partial charge in [-0.3, -0.25) is 0 Å². The molecule has 1 aliphatic carbocycles. The molecule has 1 aromatic carbocycles. The molecule has 5 heteroatoms. The van der Waals surface area contributed by atoms with E-state index in [1.807, 2.05) is 6.07 Å². The summed E-state index contributed by atoms with van der Waals surface area (Å²) in [5.41, 5.74) is -0.630. The number of anilines is 1. The molecule has 0 amide bonds. The highest BCUT2D eigenvalue weighted by Crippen LogP contribution is 2.51. The van der Waals surface area contributed by atoms with Crippen LogP contribution in [0, 0.1) is 18.3 Å². The molecule has 0 bridgehead atoms. The molecule has 2 nitrogen and oxygen atoms in total. The van der Waals surface area contributed by atoms with Gasteiger partial charge in [0.25, 0.3) is 0 Å². The fourth-order valence-corrected chi connectivity index (χ4v) is 1.77. The molecule has 0 saturated heterocycles. The van der Waals surface area contributed by atoms with Gasteiger partial charge in [-0.05, 0) is 31.4 Å². The molecule has 1 fully saturated rings. The summed E-state index contributed by atoms with van der Waals surface area (Å²) < 4.78 is 38.4. The summed E-state index contributed by atoms with van der Waals surface area (Å²) in [6.45, 7) is 1.69. The van der Waals surface area contributed by atoms with Crippen molar-refractivity contribution >= 4 is 5.69 Å². The highest BCUT2D eigenvalue weighted by molar-refractivity contribution is 5.64. The minimum Gasteiger partial charge on any atom is -0.370 e. The molecule has 0 aliphatic heterocycles. The molecule has 1 aromatic rings. The zero-order chi connectivity index (χ0) is 12.7. The molecule has 0 atom stereocenters. The molecule has 0 radical (unpaired) electrons. The predicted octanol–water partition coefficient (Wildman–Crippen LogP) is 3.37. The average Bonchev–Trinajstić information content (AvgIpc) is 3.01. The van der Waals surface area contributed by atoms with E-state index in [1.165, 1.54) is 6.07 Å². The number of hydrogen-bond donors (Lipinski definition) is 1. The van der Waals surface area contributed by atoms with Crippen LogP contribution in [0.25, 0.3) is 0 Å².